The van der Waals surface area contributed by atoms with E-state index in [0.29, 0.717) is 18.0 Å². The number of carbonyl (C=O) groups is 2. The van der Waals surface area contributed by atoms with Crippen LogP contribution in [0.5, 0.6) is 0 Å². The maximum Gasteiger partial charge on any atom is 0.287 e. The van der Waals surface area contributed by atoms with Crippen molar-refractivity contribution < 1.29 is 14.0 Å². The zero-order chi connectivity index (χ0) is 23.6. The minimum Gasteiger partial charge on any atom is -0.459 e. The van der Waals surface area contributed by atoms with Gasteiger partial charge in [0.1, 0.15) is 6.04 Å². The highest BCUT2D eigenvalue weighted by molar-refractivity contribution is 6.31. The lowest BCUT2D eigenvalue weighted by atomic mass is 10.0. The first kappa shape index (κ1) is 24.6. The fraction of sp³-hybridized carbons (Fsp3) is 0.308. The monoisotopic (exact) mass is 467 g/mol. The van der Waals surface area contributed by atoms with Gasteiger partial charge in [0, 0.05) is 18.0 Å². The minimum absolute atomic E-state index is 0.0872. The van der Waals surface area contributed by atoms with Gasteiger partial charge in [-0.25, -0.2) is 0 Å². The average molecular weight is 468 g/mol. The van der Waals surface area contributed by atoms with Crippen LogP contribution in [0, 0.1) is 0 Å². The number of furan rings is 1. The first-order chi connectivity index (χ1) is 16.0. The van der Waals surface area contributed by atoms with E-state index < -0.39 is 11.9 Å². The molecule has 2 N–H and O–H groups in total. The smallest absolute Gasteiger partial charge is 0.287 e. The van der Waals surface area contributed by atoms with Crippen molar-refractivity contribution in [2.45, 2.75) is 32.4 Å². The number of hydrogen-bond acceptors (Lipinski definition) is 4. The van der Waals surface area contributed by atoms with Crippen molar-refractivity contribution in [2.24, 2.45) is 0 Å². The Hall–Kier alpha value is -3.09. The highest BCUT2D eigenvalue weighted by Gasteiger charge is 2.26. The molecule has 0 aliphatic carbocycles. The molecule has 0 fully saturated rings. The lowest BCUT2D eigenvalue weighted by molar-refractivity contribution is -0.123. The van der Waals surface area contributed by atoms with Crippen LogP contribution in [0.4, 0.5) is 0 Å². The molecule has 0 bridgehead atoms. The Balaban J connectivity index is 1.77. The number of amides is 2. The Labute approximate surface area is 199 Å². The SMILES string of the molecule is CCN(CC)C(CNC(=O)C(Cc1ccccc1)NC(=O)c1ccco1)c1ccccc1Cl. The summed E-state index contributed by atoms with van der Waals surface area (Å²) in [6.45, 7) is 6.15. The molecular weight excluding hydrogens is 438 g/mol. The molecule has 174 valence electrons. The van der Waals surface area contributed by atoms with Crippen LogP contribution in [0.2, 0.25) is 5.02 Å². The molecule has 3 aromatic rings. The number of likely N-dealkylation sites (N-methyl/N-ethyl adjacent to an activating group) is 1. The molecule has 0 spiro atoms. The quantitative estimate of drug-likeness (QED) is 0.436. The molecule has 33 heavy (non-hydrogen) atoms. The minimum atomic E-state index is -0.756. The lowest BCUT2D eigenvalue weighted by Crippen LogP contribution is -2.49. The molecule has 0 radical (unpaired) electrons. The largest absolute Gasteiger partial charge is 0.459 e. The van der Waals surface area contributed by atoms with E-state index in [-0.39, 0.29) is 17.7 Å². The van der Waals surface area contributed by atoms with Gasteiger partial charge in [-0.05, 0) is 42.4 Å². The third-order valence-corrected chi connectivity index (χ3v) is 5.98. The molecule has 2 atom stereocenters. The normalized spacial score (nSPS) is 12.8. The van der Waals surface area contributed by atoms with Gasteiger partial charge in [-0.1, -0.05) is 74.0 Å². The topological polar surface area (TPSA) is 74.6 Å². The van der Waals surface area contributed by atoms with E-state index in [9.17, 15) is 9.59 Å². The highest BCUT2D eigenvalue weighted by Crippen LogP contribution is 2.27. The maximum absolute atomic E-state index is 13.3. The second-order valence-corrected chi connectivity index (χ2v) is 8.10. The molecule has 1 heterocycles. The van der Waals surface area contributed by atoms with Gasteiger partial charge in [-0.2, -0.15) is 0 Å². The molecule has 0 aliphatic heterocycles. The van der Waals surface area contributed by atoms with Crippen molar-refractivity contribution in [3.05, 3.63) is 94.9 Å². The summed E-state index contributed by atoms with van der Waals surface area (Å²) in [4.78, 5) is 28.1. The Kier molecular flexibility index (Phi) is 9.10. The van der Waals surface area contributed by atoms with Crippen LogP contribution in [0.3, 0.4) is 0 Å². The molecule has 3 rings (SSSR count). The van der Waals surface area contributed by atoms with Crippen LogP contribution in [-0.4, -0.2) is 42.4 Å². The summed E-state index contributed by atoms with van der Waals surface area (Å²) in [5.74, 6) is -0.525. The molecule has 2 unspecified atom stereocenters. The van der Waals surface area contributed by atoms with Crippen molar-refractivity contribution in [1.29, 1.82) is 0 Å². The number of carbonyl (C=O) groups excluding carboxylic acids is 2. The summed E-state index contributed by atoms with van der Waals surface area (Å²) in [5.41, 5.74) is 1.91. The summed E-state index contributed by atoms with van der Waals surface area (Å²) < 4.78 is 5.19. The van der Waals surface area contributed by atoms with E-state index in [1.165, 1.54) is 6.26 Å². The standard InChI is InChI=1S/C26H30ClN3O3/c1-3-30(4-2)23(20-13-8-9-14-21(20)27)18-28-25(31)22(17-19-11-6-5-7-12-19)29-26(32)24-15-10-16-33-24/h5-16,22-23H,3-4,17-18H2,1-2H3,(H,28,31)(H,29,32). The molecule has 2 amide bonds. The summed E-state index contributed by atoms with van der Waals surface area (Å²) >= 11 is 6.48. The summed E-state index contributed by atoms with van der Waals surface area (Å²) in [5, 5.41) is 6.52. The van der Waals surface area contributed by atoms with Gasteiger partial charge in [0.2, 0.25) is 5.91 Å². The third-order valence-electron chi connectivity index (χ3n) is 5.64. The molecule has 0 aliphatic rings. The Bertz CT molecular complexity index is 1020. The van der Waals surface area contributed by atoms with E-state index in [1.807, 2.05) is 54.6 Å². The molecular formula is C26H30ClN3O3. The molecule has 6 nitrogen and oxygen atoms in total. The van der Waals surface area contributed by atoms with Gasteiger partial charge in [-0.15, -0.1) is 0 Å². The van der Waals surface area contributed by atoms with Gasteiger partial charge >= 0.3 is 0 Å². The van der Waals surface area contributed by atoms with Crippen molar-refractivity contribution in [3.8, 4) is 0 Å². The van der Waals surface area contributed by atoms with Crippen LogP contribution in [0.1, 0.15) is 41.6 Å². The molecule has 7 heteroatoms. The van der Waals surface area contributed by atoms with Crippen LogP contribution in [0.15, 0.2) is 77.4 Å². The number of rotatable bonds is 11. The maximum atomic E-state index is 13.3. The van der Waals surface area contributed by atoms with Gasteiger partial charge in [0.05, 0.1) is 12.3 Å². The molecule has 1 aromatic heterocycles. The number of nitrogens with one attached hydrogen (secondary N) is 2. The second-order valence-electron chi connectivity index (χ2n) is 7.70. The Morgan fingerprint density at radius 1 is 0.970 bits per heavy atom. The van der Waals surface area contributed by atoms with Crippen molar-refractivity contribution in [3.63, 3.8) is 0 Å². The van der Waals surface area contributed by atoms with Crippen molar-refractivity contribution >= 4 is 23.4 Å². The van der Waals surface area contributed by atoms with Crippen LogP contribution >= 0.6 is 11.6 Å². The zero-order valence-electron chi connectivity index (χ0n) is 19.0. The fourth-order valence-corrected chi connectivity index (χ4v) is 4.12. The first-order valence-electron chi connectivity index (χ1n) is 11.2. The second kappa shape index (κ2) is 12.2. The number of nitrogens with zero attached hydrogens (tertiary/aromatic N) is 1. The summed E-state index contributed by atoms with van der Waals surface area (Å²) in [6, 6.07) is 19.6. The first-order valence-corrected chi connectivity index (χ1v) is 11.6. The summed E-state index contributed by atoms with van der Waals surface area (Å²) in [6.07, 6.45) is 1.79. The summed E-state index contributed by atoms with van der Waals surface area (Å²) in [7, 11) is 0. The van der Waals surface area contributed by atoms with E-state index in [2.05, 4.69) is 29.4 Å². The average Bonchev–Trinajstić information content (AvgIpc) is 3.38. The van der Waals surface area contributed by atoms with Gasteiger partial charge in [0.25, 0.3) is 5.91 Å². The predicted molar refractivity (Wildman–Crippen MR) is 130 cm³/mol. The number of benzene rings is 2. The van der Waals surface area contributed by atoms with E-state index in [0.717, 1.165) is 24.2 Å². The lowest BCUT2D eigenvalue weighted by Gasteiger charge is -2.31. The van der Waals surface area contributed by atoms with Gasteiger partial charge in [0.15, 0.2) is 5.76 Å². The Morgan fingerprint density at radius 3 is 2.30 bits per heavy atom. The van der Waals surface area contributed by atoms with Crippen LogP contribution < -0.4 is 10.6 Å². The van der Waals surface area contributed by atoms with Crippen molar-refractivity contribution in [1.82, 2.24) is 15.5 Å². The van der Waals surface area contributed by atoms with Gasteiger partial charge < -0.3 is 15.1 Å². The fourth-order valence-electron chi connectivity index (χ4n) is 3.86. The van der Waals surface area contributed by atoms with Crippen LogP contribution in [0.25, 0.3) is 0 Å². The zero-order valence-corrected chi connectivity index (χ0v) is 19.7. The molecule has 2 aromatic carbocycles. The Morgan fingerprint density at radius 2 is 1.67 bits per heavy atom. The number of halogens is 1. The molecule has 0 saturated carbocycles. The van der Waals surface area contributed by atoms with E-state index >= 15 is 0 Å². The predicted octanol–water partition coefficient (Wildman–Crippen LogP) is 4.47. The van der Waals surface area contributed by atoms with Crippen LogP contribution in [-0.2, 0) is 11.2 Å². The van der Waals surface area contributed by atoms with E-state index in [1.54, 1.807) is 12.1 Å². The van der Waals surface area contributed by atoms with E-state index in [4.69, 9.17) is 16.0 Å². The number of hydrogen-bond donors (Lipinski definition) is 2. The molecule has 0 saturated heterocycles. The highest BCUT2D eigenvalue weighted by atomic mass is 35.5. The van der Waals surface area contributed by atoms with Crippen molar-refractivity contribution in [2.75, 3.05) is 19.6 Å². The third kappa shape index (κ3) is 6.70. The van der Waals surface area contributed by atoms with Gasteiger partial charge in [-0.3, -0.25) is 14.5 Å².